The van der Waals surface area contributed by atoms with Crippen LogP contribution in [0.3, 0.4) is 0 Å². The van der Waals surface area contributed by atoms with Crippen molar-refractivity contribution in [2.75, 3.05) is 6.54 Å². The molecule has 2 amide bonds. The maximum atomic E-state index is 12.6. The second kappa shape index (κ2) is 7.14. The number of halogens is 3. The number of aromatic nitrogens is 2. The molecule has 1 heterocycles. The Kier molecular flexibility index (Phi) is 5.22. The van der Waals surface area contributed by atoms with Crippen molar-refractivity contribution < 1.29 is 23.1 Å². The molecule has 1 aromatic heterocycles. The Bertz CT molecular complexity index is 644. The molecule has 1 unspecified atom stereocenters. The fraction of sp³-hybridized carbons (Fsp3) is 0.286. The molecule has 0 aliphatic heterocycles. The second-order valence-corrected chi connectivity index (χ2v) is 4.78. The first-order chi connectivity index (χ1) is 10.9. The maximum absolute atomic E-state index is 12.6. The first-order valence-electron chi connectivity index (χ1n) is 6.71. The van der Waals surface area contributed by atoms with Crippen molar-refractivity contribution in [3.05, 3.63) is 53.3 Å². The van der Waals surface area contributed by atoms with Crippen LogP contribution in [0.4, 0.5) is 18.0 Å². The largest absolute Gasteiger partial charge is 0.416 e. The van der Waals surface area contributed by atoms with Crippen LogP contribution in [0.25, 0.3) is 0 Å². The highest BCUT2D eigenvalue weighted by atomic mass is 19.4. The fourth-order valence-corrected chi connectivity index (χ4v) is 1.85. The van der Waals surface area contributed by atoms with Gasteiger partial charge in [-0.15, -0.1) is 0 Å². The lowest BCUT2D eigenvalue weighted by atomic mass is 10.1. The molecular formula is C14H15F3N4O2. The minimum absolute atomic E-state index is 0.0775. The fourth-order valence-electron chi connectivity index (χ4n) is 1.85. The zero-order chi connectivity index (χ0) is 16.9. The van der Waals surface area contributed by atoms with E-state index in [1.165, 1.54) is 18.3 Å². The lowest BCUT2D eigenvalue weighted by Crippen LogP contribution is -2.37. The normalized spacial score (nSPS) is 12.7. The number of carbonyl (C=O) groups excluding carboxylic acids is 1. The van der Waals surface area contributed by atoms with Crippen LogP contribution in [-0.2, 0) is 12.7 Å². The van der Waals surface area contributed by atoms with Gasteiger partial charge in [0.2, 0.25) is 0 Å². The van der Waals surface area contributed by atoms with E-state index in [1.54, 1.807) is 6.07 Å². The Hall–Kier alpha value is -2.55. The first-order valence-corrected chi connectivity index (χ1v) is 6.71. The van der Waals surface area contributed by atoms with E-state index < -0.39 is 23.9 Å². The monoisotopic (exact) mass is 328 g/mol. The molecule has 23 heavy (non-hydrogen) atoms. The third kappa shape index (κ3) is 4.99. The lowest BCUT2D eigenvalue weighted by Gasteiger charge is -2.14. The number of nitrogens with one attached hydrogen (secondary N) is 3. The van der Waals surface area contributed by atoms with Gasteiger partial charge in [-0.05, 0) is 23.8 Å². The number of aromatic amines is 1. The molecule has 124 valence electrons. The van der Waals surface area contributed by atoms with Gasteiger partial charge in [-0.2, -0.15) is 18.3 Å². The lowest BCUT2D eigenvalue weighted by molar-refractivity contribution is -0.137. The number of aliphatic hydroxyl groups is 1. The molecule has 0 radical (unpaired) electrons. The van der Waals surface area contributed by atoms with Crippen molar-refractivity contribution in [3.63, 3.8) is 0 Å². The summed E-state index contributed by atoms with van der Waals surface area (Å²) in [5.74, 6) is 0. The SMILES string of the molecule is O=C(NCc1ccn[nH]1)NCC(O)c1cccc(C(F)(F)F)c1. The summed E-state index contributed by atoms with van der Waals surface area (Å²) in [6.45, 7) is 0.00159. The van der Waals surface area contributed by atoms with E-state index >= 15 is 0 Å². The van der Waals surface area contributed by atoms with Crippen LogP contribution >= 0.6 is 0 Å². The molecule has 2 aromatic rings. The number of alkyl halides is 3. The van der Waals surface area contributed by atoms with Crippen LogP contribution in [-0.4, -0.2) is 27.9 Å². The minimum atomic E-state index is -4.48. The van der Waals surface area contributed by atoms with Crippen molar-refractivity contribution in [2.24, 2.45) is 0 Å². The van der Waals surface area contributed by atoms with Crippen LogP contribution in [0.2, 0.25) is 0 Å². The van der Waals surface area contributed by atoms with E-state index in [0.717, 1.165) is 12.1 Å². The van der Waals surface area contributed by atoms with Crippen molar-refractivity contribution >= 4 is 6.03 Å². The summed E-state index contributed by atoms with van der Waals surface area (Å²) in [5, 5.41) is 21.2. The summed E-state index contributed by atoms with van der Waals surface area (Å²) >= 11 is 0. The quantitative estimate of drug-likeness (QED) is 0.676. The van der Waals surface area contributed by atoms with Crippen LogP contribution in [0.5, 0.6) is 0 Å². The van der Waals surface area contributed by atoms with Gasteiger partial charge in [0.1, 0.15) is 0 Å². The predicted molar refractivity (Wildman–Crippen MR) is 75.2 cm³/mol. The smallest absolute Gasteiger partial charge is 0.387 e. The Morgan fingerprint density at radius 1 is 1.30 bits per heavy atom. The number of rotatable bonds is 5. The third-order valence-electron chi connectivity index (χ3n) is 3.05. The second-order valence-electron chi connectivity index (χ2n) is 4.78. The van der Waals surface area contributed by atoms with Gasteiger partial charge < -0.3 is 15.7 Å². The average Bonchev–Trinajstić information content (AvgIpc) is 3.03. The molecule has 0 bridgehead atoms. The third-order valence-corrected chi connectivity index (χ3v) is 3.05. The molecule has 0 spiro atoms. The van der Waals surface area contributed by atoms with Gasteiger partial charge in [0, 0.05) is 12.7 Å². The molecular weight excluding hydrogens is 313 g/mol. The summed E-state index contributed by atoms with van der Waals surface area (Å²) in [4.78, 5) is 11.6. The zero-order valence-electron chi connectivity index (χ0n) is 11.9. The van der Waals surface area contributed by atoms with E-state index in [-0.39, 0.29) is 18.7 Å². The summed E-state index contributed by atoms with van der Waals surface area (Å²) in [5.41, 5.74) is -0.0787. The molecule has 0 saturated heterocycles. The van der Waals surface area contributed by atoms with Gasteiger partial charge in [0.05, 0.1) is 23.9 Å². The van der Waals surface area contributed by atoms with Gasteiger partial charge in [-0.3, -0.25) is 5.10 Å². The Labute approximate surface area is 129 Å². The summed E-state index contributed by atoms with van der Waals surface area (Å²) < 4.78 is 37.8. The van der Waals surface area contributed by atoms with E-state index in [9.17, 15) is 23.1 Å². The molecule has 1 aromatic carbocycles. The number of carbonyl (C=O) groups is 1. The summed E-state index contributed by atoms with van der Waals surface area (Å²) in [6.07, 6.45) is -4.19. The number of urea groups is 1. The molecule has 0 fully saturated rings. The molecule has 0 saturated carbocycles. The summed E-state index contributed by atoms with van der Waals surface area (Å²) in [7, 11) is 0. The minimum Gasteiger partial charge on any atom is -0.387 e. The van der Waals surface area contributed by atoms with Crippen LogP contribution in [0, 0.1) is 0 Å². The molecule has 6 nitrogen and oxygen atoms in total. The van der Waals surface area contributed by atoms with Crippen molar-refractivity contribution in [2.45, 2.75) is 18.8 Å². The Balaban J connectivity index is 1.84. The Morgan fingerprint density at radius 3 is 2.74 bits per heavy atom. The van der Waals surface area contributed by atoms with Crippen molar-refractivity contribution in [3.8, 4) is 0 Å². The van der Waals surface area contributed by atoms with E-state index in [1.807, 2.05) is 0 Å². The number of aliphatic hydroxyl groups excluding tert-OH is 1. The van der Waals surface area contributed by atoms with Gasteiger partial charge in [0.15, 0.2) is 0 Å². The predicted octanol–water partition coefficient (Wildman–Crippen LogP) is 1.96. The van der Waals surface area contributed by atoms with Gasteiger partial charge in [0.25, 0.3) is 0 Å². The van der Waals surface area contributed by atoms with E-state index in [0.29, 0.717) is 5.69 Å². The molecule has 2 rings (SSSR count). The zero-order valence-corrected chi connectivity index (χ0v) is 11.9. The molecule has 4 N–H and O–H groups in total. The highest BCUT2D eigenvalue weighted by Gasteiger charge is 2.30. The topological polar surface area (TPSA) is 90.0 Å². The number of amides is 2. The molecule has 1 atom stereocenters. The van der Waals surface area contributed by atoms with Gasteiger partial charge in [-0.1, -0.05) is 12.1 Å². The highest BCUT2D eigenvalue weighted by molar-refractivity contribution is 5.73. The van der Waals surface area contributed by atoms with E-state index in [2.05, 4.69) is 20.8 Å². The van der Waals surface area contributed by atoms with E-state index in [4.69, 9.17) is 0 Å². The van der Waals surface area contributed by atoms with Gasteiger partial charge >= 0.3 is 12.2 Å². The standard InChI is InChI=1S/C14H15F3N4O2/c15-14(16,17)10-3-1-2-9(6-10)12(22)8-19-13(23)18-7-11-4-5-20-21-11/h1-6,12,22H,7-8H2,(H,20,21)(H2,18,19,23). The number of hydrogen-bond donors (Lipinski definition) is 4. The number of benzene rings is 1. The van der Waals surface area contributed by atoms with Crippen LogP contribution in [0.1, 0.15) is 22.9 Å². The highest BCUT2D eigenvalue weighted by Crippen LogP contribution is 2.30. The van der Waals surface area contributed by atoms with Gasteiger partial charge in [-0.25, -0.2) is 4.79 Å². The van der Waals surface area contributed by atoms with Crippen molar-refractivity contribution in [1.82, 2.24) is 20.8 Å². The summed E-state index contributed by atoms with van der Waals surface area (Å²) in [6, 6.07) is 5.47. The van der Waals surface area contributed by atoms with Crippen molar-refractivity contribution in [1.29, 1.82) is 0 Å². The van der Waals surface area contributed by atoms with Crippen LogP contribution in [0.15, 0.2) is 36.5 Å². The maximum Gasteiger partial charge on any atom is 0.416 e. The first kappa shape index (κ1) is 16.8. The Morgan fingerprint density at radius 2 is 2.09 bits per heavy atom. The molecule has 9 heteroatoms. The number of nitrogens with zero attached hydrogens (tertiary/aromatic N) is 1. The number of H-pyrrole nitrogens is 1. The number of hydrogen-bond acceptors (Lipinski definition) is 3. The average molecular weight is 328 g/mol. The van der Waals surface area contributed by atoms with Crippen LogP contribution < -0.4 is 10.6 Å². The molecule has 0 aliphatic carbocycles. The molecule has 0 aliphatic rings.